The van der Waals surface area contributed by atoms with E-state index in [1.54, 1.807) is 35.9 Å². The summed E-state index contributed by atoms with van der Waals surface area (Å²) >= 11 is 0. The third-order valence-electron chi connectivity index (χ3n) is 2.84. The molecule has 0 unspecified atom stereocenters. The number of hydrogen-bond donors (Lipinski definition) is 0. The number of rotatable bonds is 4. The summed E-state index contributed by atoms with van der Waals surface area (Å²) in [5, 5.41) is 0.529. The number of halogens is 1. The van der Waals surface area contributed by atoms with Gasteiger partial charge in [-0.15, -0.1) is 0 Å². The number of fused-ring (bicyclic) bond motifs is 1. The molecule has 0 aliphatic heterocycles. The van der Waals surface area contributed by atoms with Crippen molar-refractivity contribution in [3.8, 4) is 0 Å². The average molecular weight is 255 g/mol. The molecule has 1 heterocycles. The second-order valence-electron chi connectivity index (χ2n) is 3.92. The molecule has 5 heteroatoms. The fourth-order valence-corrected chi connectivity index (χ4v) is 2.53. The van der Waals surface area contributed by atoms with E-state index < -0.39 is 9.84 Å². The lowest BCUT2D eigenvalue weighted by atomic mass is 10.2. The predicted octanol–water partition coefficient (Wildman–Crippen LogP) is 2.22. The molecule has 17 heavy (non-hydrogen) atoms. The van der Waals surface area contributed by atoms with Gasteiger partial charge in [-0.2, -0.15) is 0 Å². The summed E-state index contributed by atoms with van der Waals surface area (Å²) in [5.74, 6) is -0.0516. The highest BCUT2D eigenvalue weighted by Crippen LogP contribution is 2.18. The molecule has 0 fully saturated rings. The van der Waals surface area contributed by atoms with Crippen molar-refractivity contribution in [3.63, 3.8) is 0 Å². The average Bonchev–Trinajstić information content (AvgIpc) is 2.71. The van der Waals surface area contributed by atoms with E-state index in [0.29, 0.717) is 11.9 Å². The summed E-state index contributed by atoms with van der Waals surface area (Å²) in [7, 11) is -2.99. The summed E-state index contributed by atoms with van der Waals surface area (Å²) < 4.78 is 38.0. The molecule has 0 N–H and O–H groups in total. The van der Waals surface area contributed by atoms with Crippen LogP contribution >= 0.6 is 0 Å². The monoisotopic (exact) mass is 255 g/mol. The molecule has 0 aliphatic rings. The van der Waals surface area contributed by atoms with Gasteiger partial charge >= 0.3 is 0 Å². The Bertz CT molecular complexity index is 631. The molecule has 0 aliphatic carbocycles. The van der Waals surface area contributed by atoms with Crippen molar-refractivity contribution < 1.29 is 12.8 Å². The highest BCUT2D eigenvalue weighted by molar-refractivity contribution is 7.91. The zero-order valence-electron chi connectivity index (χ0n) is 9.56. The summed E-state index contributed by atoms with van der Waals surface area (Å²) in [5.41, 5.74) is 0.733. The van der Waals surface area contributed by atoms with Crippen LogP contribution in [0.15, 0.2) is 30.5 Å². The van der Waals surface area contributed by atoms with Crippen LogP contribution in [0.3, 0.4) is 0 Å². The van der Waals surface area contributed by atoms with Crippen LogP contribution in [-0.4, -0.2) is 24.5 Å². The summed E-state index contributed by atoms with van der Waals surface area (Å²) in [6.07, 6.45) is 1.72. The molecule has 0 saturated heterocycles. The fourth-order valence-electron chi connectivity index (χ4n) is 1.76. The Kier molecular flexibility index (Phi) is 3.19. The van der Waals surface area contributed by atoms with Crippen molar-refractivity contribution in [1.82, 2.24) is 4.57 Å². The lowest BCUT2D eigenvalue weighted by Crippen LogP contribution is -2.14. The maximum atomic E-state index is 13.4. The molecule has 0 radical (unpaired) electrons. The van der Waals surface area contributed by atoms with Crippen molar-refractivity contribution >= 4 is 20.7 Å². The van der Waals surface area contributed by atoms with E-state index in [-0.39, 0.29) is 17.3 Å². The van der Waals surface area contributed by atoms with Gasteiger partial charge in [-0.25, -0.2) is 12.8 Å². The van der Waals surface area contributed by atoms with Gasteiger partial charge in [0.15, 0.2) is 9.84 Å². The normalized spacial score (nSPS) is 12.1. The third-order valence-corrected chi connectivity index (χ3v) is 4.53. The second kappa shape index (κ2) is 4.49. The van der Waals surface area contributed by atoms with E-state index in [4.69, 9.17) is 0 Å². The molecule has 1 aromatic carbocycles. The Hall–Kier alpha value is -1.36. The first-order valence-electron chi connectivity index (χ1n) is 5.47. The standard InChI is InChI=1S/C12H14FNO2S/c1-2-17(15,16)9-8-14-7-6-10-11(13)4-3-5-12(10)14/h3-7H,2,8-9H2,1H3. The molecule has 3 nitrogen and oxygen atoms in total. The number of benzene rings is 1. The van der Waals surface area contributed by atoms with Gasteiger partial charge in [0, 0.05) is 23.9 Å². The molecule has 0 bridgehead atoms. The van der Waals surface area contributed by atoms with E-state index in [9.17, 15) is 12.8 Å². The number of sulfone groups is 1. The minimum atomic E-state index is -2.99. The molecule has 0 spiro atoms. The third kappa shape index (κ3) is 2.49. The van der Waals surface area contributed by atoms with Gasteiger partial charge in [-0.05, 0) is 18.2 Å². The Morgan fingerprint density at radius 3 is 2.76 bits per heavy atom. The van der Waals surface area contributed by atoms with Gasteiger partial charge in [0.25, 0.3) is 0 Å². The molecule has 1 aromatic heterocycles. The van der Waals surface area contributed by atoms with Gasteiger partial charge in [-0.3, -0.25) is 0 Å². The minimum absolute atomic E-state index is 0.0871. The van der Waals surface area contributed by atoms with Crippen LogP contribution in [0.25, 0.3) is 10.9 Å². The van der Waals surface area contributed by atoms with Gasteiger partial charge in [-0.1, -0.05) is 13.0 Å². The molecule has 0 amide bonds. The van der Waals surface area contributed by atoms with E-state index in [1.807, 2.05) is 0 Å². The maximum Gasteiger partial charge on any atom is 0.151 e. The van der Waals surface area contributed by atoms with Crippen molar-refractivity contribution in [2.75, 3.05) is 11.5 Å². The smallest absolute Gasteiger partial charge is 0.151 e. The Morgan fingerprint density at radius 1 is 1.29 bits per heavy atom. The largest absolute Gasteiger partial charge is 0.346 e. The van der Waals surface area contributed by atoms with Crippen LogP contribution in [0.1, 0.15) is 6.92 Å². The van der Waals surface area contributed by atoms with Crippen molar-refractivity contribution in [1.29, 1.82) is 0 Å². The maximum absolute atomic E-state index is 13.4. The van der Waals surface area contributed by atoms with E-state index in [2.05, 4.69) is 0 Å². The summed E-state index contributed by atoms with van der Waals surface area (Å²) in [6.45, 7) is 1.99. The number of aryl methyl sites for hydroxylation is 1. The van der Waals surface area contributed by atoms with Gasteiger partial charge in [0.2, 0.25) is 0 Å². The summed E-state index contributed by atoms with van der Waals surface area (Å²) in [4.78, 5) is 0. The predicted molar refractivity (Wildman–Crippen MR) is 66.2 cm³/mol. The highest BCUT2D eigenvalue weighted by atomic mass is 32.2. The van der Waals surface area contributed by atoms with Crippen molar-refractivity contribution in [2.24, 2.45) is 0 Å². The van der Waals surface area contributed by atoms with Crippen LogP contribution in [0.5, 0.6) is 0 Å². The zero-order chi connectivity index (χ0) is 12.5. The van der Waals surface area contributed by atoms with Crippen LogP contribution in [0.2, 0.25) is 0 Å². The van der Waals surface area contributed by atoms with Crippen molar-refractivity contribution in [2.45, 2.75) is 13.5 Å². The first kappa shape index (κ1) is 12.1. The van der Waals surface area contributed by atoms with Crippen LogP contribution in [0, 0.1) is 5.82 Å². The number of hydrogen-bond acceptors (Lipinski definition) is 2. The van der Waals surface area contributed by atoms with Crippen molar-refractivity contribution in [3.05, 3.63) is 36.3 Å². The molecular weight excluding hydrogens is 241 g/mol. The molecule has 2 rings (SSSR count). The number of aromatic nitrogens is 1. The lowest BCUT2D eigenvalue weighted by Gasteiger charge is -2.05. The first-order valence-corrected chi connectivity index (χ1v) is 7.29. The fraction of sp³-hybridized carbons (Fsp3) is 0.333. The van der Waals surface area contributed by atoms with Gasteiger partial charge in [0.05, 0.1) is 11.3 Å². The Labute approximate surface area is 99.8 Å². The van der Waals surface area contributed by atoms with E-state index >= 15 is 0 Å². The molecule has 0 atom stereocenters. The second-order valence-corrected chi connectivity index (χ2v) is 6.39. The minimum Gasteiger partial charge on any atom is -0.346 e. The topological polar surface area (TPSA) is 39.1 Å². The SMILES string of the molecule is CCS(=O)(=O)CCn1ccc2c(F)cccc21. The Balaban J connectivity index is 2.29. The molecule has 92 valence electrons. The zero-order valence-corrected chi connectivity index (χ0v) is 10.4. The highest BCUT2D eigenvalue weighted by Gasteiger charge is 2.10. The quantitative estimate of drug-likeness (QED) is 0.840. The Morgan fingerprint density at radius 2 is 2.06 bits per heavy atom. The van der Waals surface area contributed by atoms with Crippen LogP contribution in [-0.2, 0) is 16.4 Å². The molecule has 0 saturated carbocycles. The summed E-state index contributed by atoms with van der Waals surface area (Å²) in [6, 6.07) is 6.48. The molecule has 2 aromatic rings. The lowest BCUT2D eigenvalue weighted by molar-refractivity contribution is 0.591. The molecular formula is C12H14FNO2S. The van der Waals surface area contributed by atoms with E-state index in [0.717, 1.165) is 5.52 Å². The van der Waals surface area contributed by atoms with Gasteiger partial charge in [0.1, 0.15) is 5.82 Å². The number of nitrogens with zero attached hydrogens (tertiary/aromatic N) is 1. The first-order chi connectivity index (χ1) is 8.03. The van der Waals surface area contributed by atoms with Crippen LogP contribution < -0.4 is 0 Å². The van der Waals surface area contributed by atoms with E-state index in [1.165, 1.54) is 6.07 Å². The van der Waals surface area contributed by atoms with Gasteiger partial charge < -0.3 is 4.57 Å². The van der Waals surface area contributed by atoms with Crippen LogP contribution in [0.4, 0.5) is 4.39 Å².